The van der Waals surface area contributed by atoms with Crippen molar-refractivity contribution in [2.45, 2.75) is 31.7 Å². The summed E-state index contributed by atoms with van der Waals surface area (Å²) in [5, 5.41) is 11.0. The zero-order valence-corrected chi connectivity index (χ0v) is 10.1. The van der Waals surface area contributed by atoms with E-state index in [1.165, 1.54) is 12.8 Å². The SMILES string of the molecule is CN(C(=O)NCCOCC(=O)O)C1CCCC1. The number of amides is 2. The third kappa shape index (κ3) is 5.04. The van der Waals surface area contributed by atoms with Crippen LogP contribution in [0.2, 0.25) is 0 Å². The number of nitrogens with zero attached hydrogens (tertiary/aromatic N) is 1. The van der Waals surface area contributed by atoms with Gasteiger partial charge in [-0.15, -0.1) is 0 Å². The van der Waals surface area contributed by atoms with Crippen molar-refractivity contribution in [1.82, 2.24) is 10.2 Å². The van der Waals surface area contributed by atoms with E-state index in [0.717, 1.165) is 12.8 Å². The molecule has 0 aromatic carbocycles. The molecule has 2 amide bonds. The number of urea groups is 1. The number of hydrogen-bond acceptors (Lipinski definition) is 3. The molecule has 17 heavy (non-hydrogen) atoms. The Morgan fingerprint density at radius 3 is 2.65 bits per heavy atom. The van der Waals surface area contributed by atoms with E-state index in [1.807, 2.05) is 0 Å². The molecule has 0 radical (unpaired) electrons. The topological polar surface area (TPSA) is 78.9 Å². The van der Waals surface area contributed by atoms with Gasteiger partial charge in [-0.3, -0.25) is 0 Å². The summed E-state index contributed by atoms with van der Waals surface area (Å²) in [6, 6.07) is 0.228. The van der Waals surface area contributed by atoms with Gasteiger partial charge in [-0.25, -0.2) is 9.59 Å². The fraction of sp³-hybridized carbons (Fsp3) is 0.818. The van der Waals surface area contributed by atoms with E-state index in [0.29, 0.717) is 12.6 Å². The van der Waals surface area contributed by atoms with Gasteiger partial charge < -0.3 is 20.1 Å². The van der Waals surface area contributed by atoms with E-state index in [2.05, 4.69) is 5.32 Å². The van der Waals surface area contributed by atoms with E-state index >= 15 is 0 Å². The second-order valence-electron chi connectivity index (χ2n) is 4.23. The average Bonchev–Trinajstić information content (AvgIpc) is 2.80. The predicted octanol–water partition coefficient (Wildman–Crippen LogP) is 0.672. The van der Waals surface area contributed by atoms with Crippen LogP contribution < -0.4 is 5.32 Å². The molecular formula is C11H20N2O4. The van der Waals surface area contributed by atoms with Crippen LogP contribution in [0.5, 0.6) is 0 Å². The third-order valence-corrected chi connectivity index (χ3v) is 2.94. The number of carbonyl (C=O) groups excluding carboxylic acids is 1. The molecule has 0 aromatic heterocycles. The van der Waals surface area contributed by atoms with Crippen molar-refractivity contribution in [2.75, 3.05) is 26.8 Å². The van der Waals surface area contributed by atoms with Crippen LogP contribution in [0.25, 0.3) is 0 Å². The van der Waals surface area contributed by atoms with E-state index in [4.69, 9.17) is 9.84 Å². The number of hydrogen-bond donors (Lipinski definition) is 2. The van der Waals surface area contributed by atoms with Crippen molar-refractivity contribution in [3.05, 3.63) is 0 Å². The Kier molecular flexibility index (Phi) is 5.76. The monoisotopic (exact) mass is 244 g/mol. The highest BCUT2D eigenvalue weighted by Gasteiger charge is 2.22. The number of carboxylic acid groups (broad SMARTS) is 1. The zero-order valence-electron chi connectivity index (χ0n) is 10.1. The van der Waals surface area contributed by atoms with Gasteiger partial charge in [0.1, 0.15) is 6.61 Å². The van der Waals surface area contributed by atoms with Crippen LogP contribution in [0.3, 0.4) is 0 Å². The molecule has 0 spiro atoms. The molecule has 0 unspecified atom stereocenters. The largest absolute Gasteiger partial charge is 0.480 e. The summed E-state index contributed by atoms with van der Waals surface area (Å²) in [7, 11) is 1.80. The predicted molar refractivity (Wildman–Crippen MR) is 61.9 cm³/mol. The molecule has 0 heterocycles. The maximum Gasteiger partial charge on any atom is 0.329 e. The lowest BCUT2D eigenvalue weighted by molar-refractivity contribution is -0.142. The van der Waals surface area contributed by atoms with Gasteiger partial charge in [-0.1, -0.05) is 12.8 Å². The fourth-order valence-corrected chi connectivity index (χ4v) is 1.97. The van der Waals surface area contributed by atoms with Crippen LogP contribution in [-0.2, 0) is 9.53 Å². The summed E-state index contributed by atoms with van der Waals surface area (Å²) >= 11 is 0. The van der Waals surface area contributed by atoms with Gasteiger partial charge in [-0.05, 0) is 12.8 Å². The minimum Gasteiger partial charge on any atom is -0.480 e. The fourth-order valence-electron chi connectivity index (χ4n) is 1.97. The summed E-state index contributed by atoms with van der Waals surface area (Å²) < 4.78 is 4.82. The van der Waals surface area contributed by atoms with Gasteiger partial charge in [0.05, 0.1) is 6.61 Å². The van der Waals surface area contributed by atoms with Gasteiger partial charge in [-0.2, -0.15) is 0 Å². The lowest BCUT2D eigenvalue weighted by atomic mass is 10.2. The Morgan fingerprint density at radius 1 is 1.41 bits per heavy atom. The smallest absolute Gasteiger partial charge is 0.329 e. The molecule has 0 saturated heterocycles. The molecule has 98 valence electrons. The molecule has 1 fully saturated rings. The molecule has 6 nitrogen and oxygen atoms in total. The first-order valence-corrected chi connectivity index (χ1v) is 5.91. The van der Waals surface area contributed by atoms with E-state index < -0.39 is 5.97 Å². The molecule has 2 N–H and O–H groups in total. The maximum atomic E-state index is 11.7. The molecule has 0 aromatic rings. The van der Waals surface area contributed by atoms with Crippen molar-refractivity contribution in [3.8, 4) is 0 Å². The van der Waals surface area contributed by atoms with Crippen LogP contribution in [0.15, 0.2) is 0 Å². The Hall–Kier alpha value is -1.30. The molecule has 1 aliphatic carbocycles. The maximum absolute atomic E-state index is 11.7. The van der Waals surface area contributed by atoms with Crippen molar-refractivity contribution in [2.24, 2.45) is 0 Å². The zero-order chi connectivity index (χ0) is 12.7. The van der Waals surface area contributed by atoms with Gasteiger partial charge in [0.15, 0.2) is 0 Å². The summed E-state index contributed by atoms with van der Waals surface area (Å²) in [4.78, 5) is 23.6. The van der Waals surface area contributed by atoms with Crippen LogP contribution in [0.1, 0.15) is 25.7 Å². The van der Waals surface area contributed by atoms with Crippen molar-refractivity contribution in [1.29, 1.82) is 0 Å². The lowest BCUT2D eigenvalue weighted by Gasteiger charge is -2.24. The number of nitrogens with one attached hydrogen (secondary N) is 1. The Bertz CT molecular complexity index is 264. The summed E-state index contributed by atoms with van der Waals surface area (Å²) in [5.74, 6) is -1.00. The van der Waals surface area contributed by atoms with Gasteiger partial charge in [0, 0.05) is 19.6 Å². The first kappa shape index (κ1) is 13.8. The standard InChI is InChI=1S/C11H20N2O4/c1-13(9-4-2-3-5-9)11(16)12-6-7-17-8-10(14)15/h9H,2-8H2,1H3,(H,12,16)(H,14,15). The summed E-state index contributed by atoms with van der Waals surface area (Å²) in [6.45, 7) is 0.230. The third-order valence-electron chi connectivity index (χ3n) is 2.94. The number of ether oxygens (including phenoxy) is 1. The Balaban J connectivity index is 2.09. The highest BCUT2D eigenvalue weighted by Crippen LogP contribution is 2.22. The molecule has 6 heteroatoms. The number of rotatable bonds is 6. The van der Waals surface area contributed by atoms with Crippen molar-refractivity contribution >= 4 is 12.0 Å². The minimum absolute atomic E-state index is 0.115. The average molecular weight is 244 g/mol. The van der Waals surface area contributed by atoms with Crippen LogP contribution in [0, 0.1) is 0 Å². The summed E-state index contributed by atoms with van der Waals surface area (Å²) in [6.07, 6.45) is 4.51. The Labute approximate surface area is 101 Å². The van der Waals surface area contributed by atoms with Gasteiger partial charge in [0.25, 0.3) is 0 Å². The molecule has 0 aliphatic heterocycles. The van der Waals surface area contributed by atoms with E-state index in [9.17, 15) is 9.59 Å². The molecule has 1 saturated carbocycles. The Morgan fingerprint density at radius 2 is 2.06 bits per heavy atom. The quantitative estimate of drug-likeness (QED) is 0.673. The highest BCUT2D eigenvalue weighted by molar-refractivity contribution is 5.74. The molecule has 1 rings (SSSR count). The lowest BCUT2D eigenvalue weighted by Crippen LogP contribution is -2.43. The second kappa shape index (κ2) is 7.11. The molecular weight excluding hydrogens is 224 g/mol. The van der Waals surface area contributed by atoms with Crippen LogP contribution in [0.4, 0.5) is 4.79 Å². The number of aliphatic carboxylic acids is 1. The normalized spacial score (nSPS) is 15.8. The van der Waals surface area contributed by atoms with Crippen molar-refractivity contribution in [3.63, 3.8) is 0 Å². The molecule has 1 aliphatic rings. The molecule has 0 bridgehead atoms. The van der Waals surface area contributed by atoms with E-state index in [-0.39, 0.29) is 19.2 Å². The highest BCUT2D eigenvalue weighted by atomic mass is 16.5. The van der Waals surface area contributed by atoms with Crippen LogP contribution >= 0.6 is 0 Å². The number of carbonyl (C=O) groups is 2. The van der Waals surface area contributed by atoms with Crippen molar-refractivity contribution < 1.29 is 19.4 Å². The molecule has 0 atom stereocenters. The van der Waals surface area contributed by atoms with Gasteiger partial charge in [0.2, 0.25) is 0 Å². The summed E-state index contributed by atoms with van der Waals surface area (Å²) in [5.41, 5.74) is 0. The van der Waals surface area contributed by atoms with Crippen LogP contribution in [-0.4, -0.2) is 54.9 Å². The first-order chi connectivity index (χ1) is 8.11. The second-order valence-corrected chi connectivity index (χ2v) is 4.23. The minimum atomic E-state index is -1.00. The first-order valence-electron chi connectivity index (χ1n) is 5.91. The van der Waals surface area contributed by atoms with Gasteiger partial charge >= 0.3 is 12.0 Å². The van der Waals surface area contributed by atoms with E-state index in [1.54, 1.807) is 11.9 Å². The number of carboxylic acids is 1.